The Morgan fingerprint density at radius 1 is 0.917 bits per heavy atom. The second kappa shape index (κ2) is 6.22. The van der Waals surface area contributed by atoms with Crippen molar-refractivity contribution in [3.63, 3.8) is 0 Å². The summed E-state index contributed by atoms with van der Waals surface area (Å²) >= 11 is 0. The molecule has 0 aliphatic rings. The maximum absolute atomic E-state index is 11.6. The molecule has 0 heterocycles. The van der Waals surface area contributed by atoms with Crippen LogP contribution in [0.25, 0.3) is 0 Å². The van der Waals surface area contributed by atoms with Gasteiger partial charge in [-0.25, -0.2) is 17.6 Å². The van der Waals surface area contributed by atoms with Crippen LogP contribution in [0.2, 0.25) is 0 Å². The first-order chi connectivity index (χ1) is 5.52. The zero-order valence-electron chi connectivity index (χ0n) is 6.94. The SMILES string of the molecule is CN(CCC(F)F)CCC(F)F. The van der Waals surface area contributed by atoms with E-state index in [1.165, 1.54) is 4.90 Å². The summed E-state index contributed by atoms with van der Waals surface area (Å²) in [5, 5.41) is 0. The second-order valence-corrected chi connectivity index (χ2v) is 2.66. The van der Waals surface area contributed by atoms with Crippen LogP contribution in [-0.4, -0.2) is 37.9 Å². The van der Waals surface area contributed by atoms with Gasteiger partial charge in [0, 0.05) is 25.9 Å². The number of rotatable bonds is 6. The molecule has 0 radical (unpaired) electrons. The van der Waals surface area contributed by atoms with Gasteiger partial charge >= 0.3 is 0 Å². The highest BCUT2D eigenvalue weighted by Crippen LogP contribution is 2.03. The number of hydrogen-bond donors (Lipinski definition) is 0. The lowest BCUT2D eigenvalue weighted by molar-refractivity contribution is 0.103. The van der Waals surface area contributed by atoms with Crippen molar-refractivity contribution in [1.29, 1.82) is 0 Å². The minimum Gasteiger partial charge on any atom is -0.306 e. The maximum atomic E-state index is 11.6. The molecule has 0 aromatic carbocycles. The zero-order valence-corrected chi connectivity index (χ0v) is 6.94. The summed E-state index contributed by atoms with van der Waals surface area (Å²) < 4.78 is 46.5. The second-order valence-electron chi connectivity index (χ2n) is 2.66. The van der Waals surface area contributed by atoms with Crippen molar-refractivity contribution >= 4 is 0 Å². The Morgan fingerprint density at radius 3 is 1.50 bits per heavy atom. The Labute approximate surface area is 69.4 Å². The van der Waals surface area contributed by atoms with Crippen molar-refractivity contribution in [1.82, 2.24) is 4.90 Å². The molecule has 0 unspecified atom stereocenters. The standard InChI is InChI=1S/C7H13F4N/c1-12(4-2-6(8)9)5-3-7(10)11/h6-7H,2-5H2,1H3. The van der Waals surface area contributed by atoms with Gasteiger partial charge in [0.25, 0.3) is 0 Å². The van der Waals surface area contributed by atoms with Crippen molar-refractivity contribution in [3.05, 3.63) is 0 Å². The summed E-state index contributed by atoms with van der Waals surface area (Å²) in [4.78, 5) is 1.48. The van der Waals surface area contributed by atoms with Crippen LogP contribution >= 0.6 is 0 Å². The van der Waals surface area contributed by atoms with E-state index in [9.17, 15) is 17.6 Å². The molecule has 0 saturated heterocycles. The molecule has 1 nitrogen and oxygen atoms in total. The molecule has 0 aromatic rings. The van der Waals surface area contributed by atoms with Gasteiger partial charge < -0.3 is 4.90 Å². The van der Waals surface area contributed by atoms with Crippen LogP contribution in [0.3, 0.4) is 0 Å². The predicted molar refractivity (Wildman–Crippen MR) is 38.7 cm³/mol. The van der Waals surface area contributed by atoms with Gasteiger partial charge in [0.1, 0.15) is 0 Å². The van der Waals surface area contributed by atoms with E-state index in [-0.39, 0.29) is 25.9 Å². The molecule has 0 atom stereocenters. The van der Waals surface area contributed by atoms with E-state index in [0.717, 1.165) is 0 Å². The Bertz CT molecular complexity index is 95.6. The van der Waals surface area contributed by atoms with Crippen LogP contribution < -0.4 is 0 Å². The van der Waals surface area contributed by atoms with E-state index in [0.29, 0.717) is 0 Å². The van der Waals surface area contributed by atoms with Gasteiger partial charge in [-0.15, -0.1) is 0 Å². The molecule has 0 rings (SSSR count). The third-order valence-corrected chi connectivity index (χ3v) is 1.46. The van der Waals surface area contributed by atoms with Crippen molar-refractivity contribution in [3.8, 4) is 0 Å². The molecule has 12 heavy (non-hydrogen) atoms. The summed E-state index contributed by atoms with van der Waals surface area (Å²) in [6.45, 7) is 0.342. The Kier molecular flexibility index (Phi) is 6.06. The molecule has 0 fully saturated rings. The first-order valence-electron chi connectivity index (χ1n) is 3.77. The highest BCUT2D eigenvalue weighted by atomic mass is 19.3. The van der Waals surface area contributed by atoms with E-state index in [4.69, 9.17) is 0 Å². The minimum absolute atomic E-state index is 0.171. The third-order valence-electron chi connectivity index (χ3n) is 1.46. The molecule has 0 aromatic heterocycles. The largest absolute Gasteiger partial charge is 0.306 e. The number of alkyl halides is 4. The molecule has 0 aliphatic carbocycles. The lowest BCUT2D eigenvalue weighted by Crippen LogP contribution is -2.23. The van der Waals surface area contributed by atoms with Gasteiger partial charge in [-0.1, -0.05) is 0 Å². The van der Waals surface area contributed by atoms with E-state index < -0.39 is 12.9 Å². The van der Waals surface area contributed by atoms with Gasteiger partial charge in [0.05, 0.1) is 0 Å². The van der Waals surface area contributed by atoms with E-state index in [2.05, 4.69) is 0 Å². The fourth-order valence-electron chi connectivity index (χ4n) is 0.748. The van der Waals surface area contributed by atoms with Crippen LogP contribution in [0.5, 0.6) is 0 Å². The Morgan fingerprint density at radius 2 is 1.25 bits per heavy atom. The molecule has 0 amide bonds. The molecular formula is C7H13F4N. The third kappa shape index (κ3) is 7.78. The van der Waals surface area contributed by atoms with Gasteiger partial charge in [-0.3, -0.25) is 0 Å². The Balaban J connectivity index is 3.27. The highest BCUT2D eigenvalue weighted by molar-refractivity contribution is 4.53. The molecule has 0 N–H and O–H groups in total. The van der Waals surface area contributed by atoms with Crippen molar-refractivity contribution in [2.45, 2.75) is 25.7 Å². The quantitative estimate of drug-likeness (QED) is 0.576. The number of nitrogens with zero attached hydrogens (tertiary/aromatic N) is 1. The van der Waals surface area contributed by atoms with E-state index in [1.54, 1.807) is 7.05 Å². The predicted octanol–water partition coefficient (Wildman–Crippen LogP) is 2.23. The van der Waals surface area contributed by atoms with Crippen LogP contribution in [0.4, 0.5) is 17.6 Å². The lowest BCUT2D eigenvalue weighted by atomic mass is 10.3. The van der Waals surface area contributed by atoms with E-state index in [1.807, 2.05) is 0 Å². The zero-order chi connectivity index (χ0) is 9.56. The van der Waals surface area contributed by atoms with Gasteiger partial charge in [0.15, 0.2) is 0 Å². The normalized spacial score (nSPS) is 12.0. The molecule has 0 bridgehead atoms. The summed E-state index contributed by atoms with van der Waals surface area (Å²) in [7, 11) is 1.56. The van der Waals surface area contributed by atoms with E-state index >= 15 is 0 Å². The molecule has 0 spiro atoms. The maximum Gasteiger partial charge on any atom is 0.239 e. The van der Waals surface area contributed by atoms with Crippen LogP contribution in [-0.2, 0) is 0 Å². The summed E-state index contributed by atoms with van der Waals surface area (Å²) in [5.41, 5.74) is 0. The first-order valence-corrected chi connectivity index (χ1v) is 3.77. The smallest absolute Gasteiger partial charge is 0.239 e. The summed E-state index contributed by atoms with van der Waals surface area (Å²) in [5.74, 6) is 0. The first kappa shape index (κ1) is 11.7. The number of hydrogen-bond acceptors (Lipinski definition) is 1. The van der Waals surface area contributed by atoms with Gasteiger partial charge in [0.2, 0.25) is 12.9 Å². The van der Waals surface area contributed by atoms with Crippen molar-refractivity contribution < 1.29 is 17.6 Å². The monoisotopic (exact) mass is 187 g/mol. The molecule has 5 heteroatoms. The Hall–Kier alpha value is -0.320. The average molecular weight is 187 g/mol. The molecule has 0 saturated carbocycles. The van der Waals surface area contributed by atoms with Crippen LogP contribution in [0.15, 0.2) is 0 Å². The number of halogens is 4. The summed E-state index contributed by atoms with van der Waals surface area (Å²) in [6.07, 6.45) is -5.20. The van der Waals surface area contributed by atoms with Crippen LogP contribution in [0.1, 0.15) is 12.8 Å². The van der Waals surface area contributed by atoms with Crippen LogP contribution in [0, 0.1) is 0 Å². The average Bonchev–Trinajstić information content (AvgIpc) is 1.96. The van der Waals surface area contributed by atoms with Crippen molar-refractivity contribution in [2.75, 3.05) is 20.1 Å². The molecule has 74 valence electrons. The lowest BCUT2D eigenvalue weighted by Gasteiger charge is -2.15. The fraction of sp³-hybridized carbons (Fsp3) is 1.00. The topological polar surface area (TPSA) is 3.24 Å². The summed E-state index contributed by atoms with van der Waals surface area (Å²) in [6, 6.07) is 0. The van der Waals surface area contributed by atoms with Gasteiger partial charge in [-0.2, -0.15) is 0 Å². The minimum atomic E-state index is -2.35. The molecular weight excluding hydrogens is 174 g/mol. The highest BCUT2D eigenvalue weighted by Gasteiger charge is 2.07. The molecule has 0 aliphatic heterocycles. The fourth-order valence-corrected chi connectivity index (χ4v) is 0.748. The van der Waals surface area contributed by atoms with Crippen molar-refractivity contribution in [2.24, 2.45) is 0 Å². The van der Waals surface area contributed by atoms with Gasteiger partial charge in [-0.05, 0) is 7.05 Å².